The van der Waals surface area contributed by atoms with Crippen molar-refractivity contribution < 1.29 is 19.0 Å². The highest BCUT2D eigenvalue weighted by Gasteiger charge is 2.31. The lowest BCUT2D eigenvalue weighted by Gasteiger charge is -2.23. The highest BCUT2D eigenvalue weighted by Crippen LogP contribution is 2.46. The van der Waals surface area contributed by atoms with Crippen LogP contribution in [0.5, 0.6) is 17.2 Å². The van der Waals surface area contributed by atoms with Gasteiger partial charge in [-0.05, 0) is 24.6 Å². The molecule has 0 spiro atoms. The zero-order chi connectivity index (χ0) is 18.0. The van der Waals surface area contributed by atoms with Gasteiger partial charge in [-0.25, -0.2) is 4.98 Å². The normalized spacial score (nSPS) is 16.0. The molecule has 1 aliphatic heterocycles. The van der Waals surface area contributed by atoms with Gasteiger partial charge in [0.25, 0.3) is 0 Å². The average Bonchev–Trinajstić information content (AvgIpc) is 3.02. The van der Waals surface area contributed by atoms with Crippen molar-refractivity contribution in [1.29, 1.82) is 0 Å². The fraction of sp³-hybridized carbons (Fsp3) is 0.412. The Labute approximate surface area is 150 Å². The predicted molar refractivity (Wildman–Crippen MR) is 97.5 cm³/mol. The molecule has 134 valence electrons. The number of hydrogen-bond acceptors (Lipinski definition) is 7. The zero-order valence-corrected chi connectivity index (χ0v) is 15.5. The number of rotatable bonds is 6. The molecule has 0 unspecified atom stereocenters. The lowest BCUT2D eigenvalue weighted by atomic mass is 9.91. The Kier molecular flexibility index (Phi) is 4.98. The highest BCUT2D eigenvalue weighted by molar-refractivity contribution is 7.16. The third-order valence-corrected chi connectivity index (χ3v) is 5.16. The summed E-state index contributed by atoms with van der Waals surface area (Å²) in [5, 5.41) is 6.85. The number of amides is 1. The smallest absolute Gasteiger partial charge is 0.226 e. The number of methoxy groups -OCH3 is 3. The topological polar surface area (TPSA) is 81.7 Å². The SMILES string of the molecule is CCNc1nc2c(s1)[C@H](c1cc(OC)c(OC)c(OC)c1)CC(=O)N2. The molecule has 2 N–H and O–H groups in total. The second kappa shape index (κ2) is 7.18. The van der Waals surface area contributed by atoms with E-state index in [1.807, 2.05) is 19.1 Å². The summed E-state index contributed by atoms with van der Waals surface area (Å²) >= 11 is 1.55. The summed E-state index contributed by atoms with van der Waals surface area (Å²) in [6.07, 6.45) is 0.347. The van der Waals surface area contributed by atoms with Gasteiger partial charge in [0.15, 0.2) is 16.6 Å². The fourth-order valence-electron chi connectivity index (χ4n) is 2.92. The van der Waals surface area contributed by atoms with Crippen LogP contribution in [0.25, 0.3) is 0 Å². The molecule has 1 aliphatic rings. The lowest BCUT2D eigenvalue weighted by Crippen LogP contribution is -2.22. The molecule has 1 aromatic heterocycles. The maximum absolute atomic E-state index is 12.2. The Morgan fingerprint density at radius 1 is 1.24 bits per heavy atom. The number of carbonyl (C=O) groups is 1. The van der Waals surface area contributed by atoms with Crippen LogP contribution in [0.4, 0.5) is 10.9 Å². The largest absolute Gasteiger partial charge is 0.493 e. The first-order valence-electron chi connectivity index (χ1n) is 7.95. The molecule has 3 rings (SSSR count). The van der Waals surface area contributed by atoms with Crippen LogP contribution in [0.1, 0.15) is 29.7 Å². The molecule has 25 heavy (non-hydrogen) atoms. The first-order valence-corrected chi connectivity index (χ1v) is 8.77. The van der Waals surface area contributed by atoms with Gasteiger partial charge >= 0.3 is 0 Å². The molecule has 0 saturated carbocycles. The molecule has 0 saturated heterocycles. The summed E-state index contributed by atoms with van der Waals surface area (Å²) in [6, 6.07) is 3.78. The summed E-state index contributed by atoms with van der Waals surface area (Å²) in [4.78, 5) is 17.6. The number of thiazole rings is 1. The third-order valence-electron chi connectivity index (χ3n) is 4.03. The van der Waals surface area contributed by atoms with E-state index in [2.05, 4.69) is 15.6 Å². The van der Waals surface area contributed by atoms with Gasteiger partial charge in [0.2, 0.25) is 11.7 Å². The molecule has 7 nitrogen and oxygen atoms in total. The standard InChI is InChI=1S/C17H21N3O4S/c1-5-18-17-20-16-15(25-17)10(8-13(21)19-16)9-6-11(22-2)14(24-4)12(7-9)23-3/h6-7,10H,5,8H2,1-4H3,(H,18,20)(H,19,21)/t10-/m0/s1. The maximum atomic E-state index is 12.2. The van der Waals surface area contributed by atoms with Crippen LogP contribution in [0, 0.1) is 0 Å². The molecule has 0 bridgehead atoms. The van der Waals surface area contributed by atoms with Crippen LogP contribution in [-0.4, -0.2) is 38.8 Å². The molecule has 0 fully saturated rings. The average molecular weight is 363 g/mol. The third kappa shape index (κ3) is 3.21. The van der Waals surface area contributed by atoms with Crippen molar-refractivity contribution in [1.82, 2.24) is 4.98 Å². The first-order chi connectivity index (χ1) is 12.1. The van der Waals surface area contributed by atoms with E-state index in [0.29, 0.717) is 29.5 Å². The van der Waals surface area contributed by atoms with E-state index < -0.39 is 0 Å². The number of benzene rings is 1. The van der Waals surface area contributed by atoms with Crippen molar-refractivity contribution in [3.8, 4) is 17.2 Å². The van der Waals surface area contributed by atoms with Gasteiger partial charge in [-0.2, -0.15) is 0 Å². The first kappa shape index (κ1) is 17.3. The second-order valence-electron chi connectivity index (χ2n) is 5.53. The minimum Gasteiger partial charge on any atom is -0.493 e. The van der Waals surface area contributed by atoms with Gasteiger partial charge in [-0.1, -0.05) is 11.3 Å². The van der Waals surface area contributed by atoms with Crippen LogP contribution >= 0.6 is 11.3 Å². The Bertz CT molecular complexity index is 765. The van der Waals surface area contributed by atoms with E-state index in [1.165, 1.54) is 0 Å². The molecule has 2 aromatic rings. The van der Waals surface area contributed by atoms with Gasteiger partial charge in [0.1, 0.15) is 5.82 Å². The molecular weight excluding hydrogens is 342 g/mol. The van der Waals surface area contributed by atoms with E-state index in [9.17, 15) is 4.79 Å². The molecule has 0 radical (unpaired) electrons. The summed E-state index contributed by atoms with van der Waals surface area (Å²) in [6.45, 7) is 2.78. The summed E-state index contributed by atoms with van der Waals surface area (Å²) in [5.74, 6) is 2.13. The summed E-state index contributed by atoms with van der Waals surface area (Å²) in [5.41, 5.74) is 0.928. The van der Waals surface area contributed by atoms with E-state index >= 15 is 0 Å². The van der Waals surface area contributed by atoms with E-state index in [4.69, 9.17) is 14.2 Å². The van der Waals surface area contributed by atoms with Crippen molar-refractivity contribution >= 4 is 28.2 Å². The van der Waals surface area contributed by atoms with Crippen LogP contribution in [0.3, 0.4) is 0 Å². The van der Waals surface area contributed by atoms with Gasteiger partial charge in [0.05, 0.1) is 26.2 Å². The molecule has 1 atom stereocenters. The molecule has 1 aromatic carbocycles. The Balaban J connectivity index is 2.09. The van der Waals surface area contributed by atoms with Crippen LogP contribution in [0.2, 0.25) is 0 Å². The van der Waals surface area contributed by atoms with E-state index in [0.717, 1.165) is 22.1 Å². The van der Waals surface area contributed by atoms with Crippen LogP contribution in [-0.2, 0) is 4.79 Å². The predicted octanol–water partition coefficient (Wildman–Crippen LogP) is 3.07. The highest BCUT2D eigenvalue weighted by atomic mass is 32.1. The molecule has 8 heteroatoms. The zero-order valence-electron chi connectivity index (χ0n) is 14.6. The van der Waals surface area contributed by atoms with Crippen molar-refractivity contribution in [2.45, 2.75) is 19.3 Å². The Morgan fingerprint density at radius 3 is 2.48 bits per heavy atom. The Hall–Kier alpha value is -2.48. The van der Waals surface area contributed by atoms with Crippen LogP contribution < -0.4 is 24.8 Å². The Morgan fingerprint density at radius 2 is 1.92 bits per heavy atom. The molecular formula is C17H21N3O4S. The van der Waals surface area contributed by atoms with Gasteiger partial charge < -0.3 is 24.8 Å². The summed E-state index contributed by atoms with van der Waals surface area (Å²) < 4.78 is 16.3. The second-order valence-corrected chi connectivity index (χ2v) is 6.56. The number of carbonyl (C=O) groups excluding carboxylic acids is 1. The number of fused-ring (bicyclic) bond motifs is 1. The minimum atomic E-state index is -0.109. The van der Waals surface area contributed by atoms with Crippen LogP contribution in [0.15, 0.2) is 12.1 Å². The van der Waals surface area contributed by atoms with Gasteiger partial charge in [0, 0.05) is 18.9 Å². The lowest BCUT2D eigenvalue weighted by molar-refractivity contribution is -0.116. The van der Waals surface area contributed by atoms with Crippen molar-refractivity contribution in [3.05, 3.63) is 22.6 Å². The fourth-order valence-corrected chi connectivity index (χ4v) is 4.03. The maximum Gasteiger partial charge on any atom is 0.226 e. The number of hydrogen-bond donors (Lipinski definition) is 2. The quantitative estimate of drug-likeness (QED) is 0.821. The number of aromatic nitrogens is 1. The van der Waals surface area contributed by atoms with Crippen molar-refractivity contribution in [2.75, 3.05) is 38.5 Å². The van der Waals surface area contributed by atoms with E-state index in [1.54, 1.807) is 32.7 Å². The minimum absolute atomic E-state index is 0.0559. The molecule has 1 amide bonds. The van der Waals surface area contributed by atoms with Gasteiger partial charge in [-0.15, -0.1) is 0 Å². The van der Waals surface area contributed by atoms with Crippen molar-refractivity contribution in [2.24, 2.45) is 0 Å². The number of anilines is 2. The molecule has 2 heterocycles. The number of nitrogens with one attached hydrogen (secondary N) is 2. The van der Waals surface area contributed by atoms with Crippen molar-refractivity contribution in [3.63, 3.8) is 0 Å². The summed E-state index contributed by atoms with van der Waals surface area (Å²) in [7, 11) is 4.73. The number of ether oxygens (including phenoxy) is 3. The monoisotopic (exact) mass is 363 g/mol. The molecule has 0 aliphatic carbocycles. The van der Waals surface area contributed by atoms with E-state index in [-0.39, 0.29) is 11.8 Å². The number of nitrogens with zero attached hydrogens (tertiary/aromatic N) is 1. The van der Waals surface area contributed by atoms with Gasteiger partial charge in [-0.3, -0.25) is 4.79 Å².